The van der Waals surface area contributed by atoms with Crippen LogP contribution in [0.3, 0.4) is 0 Å². The second-order valence-electron chi connectivity index (χ2n) is 6.84. The van der Waals surface area contributed by atoms with E-state index in [1.807, 2.05) is 18.2 Å². The van der Waals surface area contributed by atoms with Crippen LogP contribution in [0.25, 0.3) is 22.4 Å². The lowest BCUT2D eigenvalue weighted by molar-refractivity contribution is 0.410. The summed E-state index contributed by atoms with van der Waals surface area (Å²) < 4.78 is 30.8. The Balaban J connectivity index is 1.63. The van der Waals surface area contributed by atoms with Crippen molar-refractivity contribution < 1.29 is 12.8 Å². The fraction of sp³-hybridized carbons (Fsp3) is 0.389. The number of aromatic nitrogens is 3. The van der Waals surface area contributed by atoms with Gasteiger partial charge >= 0.3 is 0 Å². The van der Waals surface area contributed by atoms with E-state index in [9.17, 15) is 8.42 Å². The van der Waals surface area contributed by atoms with Crippen LogP contribution in [0.5, 0.6) is 0 Å². The molecule has 1 atom stereocenters. The third kappa shape index (κ3) is 4.09. The summed E-state index contributed by atoms with van der Waals surface area (Å²) in [7, 11) is -3.18. The van der Waals surface area contributed by atoms with Gasteiger partial charge in [-0.3, -0.25) is 0 Å². The standard InChI is InChI=1S/C18H21N5O3S/c1-27(24,25)22-10-13-3-2-7-23(11-13)17-15-9-14(18-19-6-8-26-18)4-5-16(15)20-12-21-17/h4-6,8-9,12-13,22H,2-3,7,10-11H2,1H3. The smallest absolute Gasteiger partial charge is 0.225 e. The molecule has 4 rings (SSSR count). The van der Waals surface area contributed by atoms with Crippen molar-refractivity contribution in [3.05, 3.63) is 37.0 Å². The highest BCUT2D eigenvalue weighted by Crippen LogP contribution is 2.30. The zero-order valence-corrected chi connectivity index (χ0v) is 15.8. The van der Waals surface area contributed by atoms with Gasteiger partial charge in [-0.1, -0.05) is 0 Å². The highest BCUT2D eigenvalue weighted by molar-refractivity contribution is 7.88. The second kappa shape index (κ2) is 7.24. The quantitative estimate of drug-likeness (QED) is 0.715. The summed E-state index contributed by atoms with van der Waals surface area (Å²) in [4.78, 5) is 15.3. The summed E-state index contributed by atoms with van der Waals surface area (Å²) >= 11 is 0. The lowest BCUT2D eigenvalue weighted by atomic mass is 9.98. The lowest BCUT2D eigenvalue weighted by Gasteiger charge is -2.34. The van der Waals surface area contributed by atoms with Crippen LogP contribution in [0, 0.1) is 5.92 Å². The molecule has 0 saturated carbocycles. The Hall–Kier alpha value is -2.52. The van der Waals surface area contributed by atoms with E-state index in [0.717, 1.165) is 48.2 Å². The van der Waals surface area contributed by atoms with Gasteiger partial charge in [-0.2, -0.15) is 0 Å². The molecule has 0 spiro atoms. The molecule has 0 radical (unpaired) electrons. The molecule has 27 heavy (non-hydrogen) atoms. The zero-order valence-electron chi connectivity index (χ0n) is 15.0. The first-order valence-electron chi connectivity index (χ1n) is 8.84. The Morgan fingerprint density at radius 3 is 2.96 bits per heavy atom. The number of anilines is 1. The molecule has 2 aromatic heterocycles. The lowest BCUT2D eigenvalue weighted by Crippen LogP contribution is -2.41. The Labute approximate surface area is 157 Å². The molecule has 1 unspecified atom stereocenters. The van der Waals surface area contributed by atoms with Crippen LogP contribution in [0.1, 0.15) is 12.8 Å². The third-order valence-corrected chi connectivity index (χ3v) is 5.44. The molecule has 8 nitrogen and oxygen atoms in total. The van der Waals surface area contributed by atoms with Gasteiger partial charge in [-0.05, 0) is 37.0 Å². The monoisotopic (exact) mass is 387 g/mol. The van der Waals surface area contributed by atoms with Crippen molar-refractivity contribution in [2.75, 3.05) is 30.8 Å². The summed E-state index contributed by atoms with van der Waals surface area (Å²) in [5, 5.41) is 0.935. The number of rotatable bonds is 5. The van der Waals surface area contributed by atoms with Crippen molar-refractivity contribution in [2.45, 2.75) is 12.8 Å². The molecule has 1 aliphatic heterocycles. The van der Waals surface area contributed by atoms with Crippen LogP contribution < -0.4 is 9.62 Å². The maximum atomic E-state index is 11.4. The number of hydrogen-bond acceptors (Lipinski definition) is 7. The first-order valence-corrected chi connectivity index (χ1v) is 10.7. The van der Waals surface area contributed by atoms with Crippen LogP contribution in [-0.2, 0) is 10.0 Å². The van der Waals surface area contributed by atoms with E-state index in [2.05, 4.69) is 24.6 Å². The molecule has 1 aromatic carbocycles. The summed E-state index contributed by atoms with van der Waals surface area (Å²) in [5.41, 5.74) is 1.72. The minimum absolute atomic E-state index is 0.244. The number of piperidine rings is 1. The average molecular weight is 387 g/mol. The van der Waals surface area contributed by atoms with E-state index in [0.29, 0.717) is 12.4 Å². The van der Waals surface area contributed by atoms with E-state index in [1.54, 1.807) is 18.8 Å². The van der Waals surface area contributed by atoms with Gasteiger partial charge in [0.05, 0.1) is 18.0 Å². The molecule has 0 amide bonds. The molecule has 0 bridgehead atoms. The molecule has 0 aliphatic carbocycles. The minimum Gasteiger partial charge on any atom is -0.445 e. The molecule has 1 saturated heterocycles. The van der Waals surface area contributed by atoms with E-state index < -0.39 is 10.0 Å². The van der Waals surface area contributed by atoms with Gasteiger partial charge in [0.2, 0.25) is 15.9 Å². The van der Waals surface area contributed by atoms with Gasteiger partial charge in [-0.15, -0.1) is 0 Å². The molecule has 9 heteroatoms. The van der Waals surface area contributed by atoms with E-state index in [1.165, 1.54) is 6.26 Å². The first-order chi connectivity index (χ1) is 13.0. The van der Waals surface area contributed by atoms with Gasteiger partial charge in [0.15, 0.2) is 0 Å². The number of hydrogen-bond donors (Lipinski definition) is 1. The topological polar surface area (TPSA) is 101 Å². The van der Waals surface area contributed by atoms with Crippen molar-refractivity contribution in [3.63, 3.8) is 0 Å². The van der Waals surface area contributed by atoms with Crippen LogP contribution in [0.15, 0.2) is 41.4 Å². The molecule has 1 aliphatic rings. The van der Waals surface area contributed by atoms with Gasteiger partial charge in [0.1, 0.15) is 18.4 Å². The Morgan fingerprint density at radius 1 is 1.30 bits per heavy atom. The predicted molar refractivity (Wildman–Crippen MR) is 103 cm³/mol. The van der Waals surface area contributed by atoms with Crippen LogP contribution in [0.2, 0.25) is 0 Å². The number of oxazole rings is 1. The maximum Gasteiger partial charge on any atom is 0.225 e. The van der Waals surface area contributed by atoms with Gasteiger partial charge < -0.3 is 9.32 Å². The van der Waals surface area contributed by atoms with Crippen LogP contribution in [0.4, 0.5) is 5.82 Å². The maximum absolute atomic E-state index is 11.4. The molecule has 1 N–H and O–H groups in total. The highest BCUT2D eigenvalue weighted by Gasteiger charge is 2.23. The van der Waals surface area contributed by atoms with Crippen molar-refractivity contribution in [2.24, 2.45) is 5.92 Å². The fourth-order valence-corrected chi connectivity index (χ4v) is 4.03. The Morgan fingerprint density at radius 2 is 2.19 bits per heavy atom. The first kappa shape index (κ1) is 17.9. The Bertz CT molecular complexity index is 1040. The van der Waals surface area contributed by atoms with Crippen molar-refractivity contribution in [1.82, 2.24) is 19.7 Å². The third-order valence-electron chi connectivity index (χ3n) is 4.75. The normalized spacial score (nSPS) is 18.1. The molecular weight excluding hydrogens is 366 g/mol. The fourth-order valence-electron chi connectivity index (χ4n) is 3.49. The number of nitrogens with zero attached hydrogens (tertiary/aromatic N) is 4. The predicted octanol–water partition coefficient (Wildman–Crippen LogP) is 2.05. The summed E-state index contributed by atoms with van der Waals surface area (Å²) in [6.45, 7) is 2.07. The molecule has 1 fully saturated rings. The molecule has 3 heterocycles. The highest BCUT2D eigenvalue weighted by atomic mass is 32.2. The van der Waals surface area contributed by atoms with Gasteiger partial charge in [0.25, 0.3) is 0 Å². The van der Waals surface area contributed by atoms with Crippen molar-refractivity contribution >= 4 is 26.7 Å². The summed E-state index contributed by atoms with van der Waals surface area (Å²) in [6.07, 6.45) is 7.90. The van der Waals surface area contributed by atoms with Crippen molar-refractivity contribution in [1.29, 1.82) is 0 Å². The van der Waals surface area contributed by atoms with Gasteiger partial charge in [0, 0.05) is 30.6 Å². The average Bonchev–Trinajstić information content (AvgIpc) is 3.20. The summed E-state index contributed by atoms with van der Waals surface area (Å²) in [6, 6.07) is 5.86. The van der Waals surface area contributed by atoms with Crippen LogP contribution >= 0.6 is 0 Å². The summed E-state index contributed by atoms with van der Waals surface area (Å²) in [5.74, 6) is 1.66. The molecule has 3 aromatic rings. The SMILES string of the molecule is CS(=O)(=O)NCC1CCCN(c2ncnc3ccc(-c4ncco4)cc23)C1. The number of nitrogens with one attached hydrogen (secondary N) is 1. The molecule has 142 valence electrons. The van der Waals surface area contributed by atoms with E-state index in [4.69, 9.17) is 4.42 Å². The number of benzene rings is 1. The zero-order chi connectivity index (χ0) is 18.9. The van der Waals surface area contributed by atoms with E-state index >= 15 is 0 Å². The van der Waals surface area contributed by atoms with E-state index in [-0.39, 0.29) is 5.92 Å². The van der Waals surface area contributed by atoms with Gasteiger partial charge in [-0.25, -0.2) is 28.1 Å². The number of sulfonamides is 1. The number of fused-ring (bicyclic) bond motifs is 1. The molecular formula is C18H21N5O3S. The minimum atomic E-state index is -3.18. The Kier molecular flexibility index (Phi) is 4.79. The van der Waals surface area contributed by atoms with Crippen LogP contribution in [-0.4, -0.2) is 49.3 Å². The largest absolute Gasteiger partial charge is 0.445 e. The van der Waals surface area contributed by atoms with Crippen molar-refractivity contribution in [3.8, 4) is 11.5 Å². The second-order valence-corrected chi connectivity index (χ2v) is 8.67.